The van der Waals surface area contributed by atoms with E-state index in [2.05, 4.69) is 0 Å². The van der Waals surface area contributed by atoms with E-state index in [-0.39, 0.29) is 17.6 Å². The van der Waals surface area contributed by atoms with Crippen molar-refractivity contribution in [3.8, 4) is 5.75 Å². The van der Waals surface area contributed by atoms with Crippen molar-refractivity contribution in [2.45, 2.75) is 19.4 Å². The van der Waals surface area contributed by atoms with Gasteiger partial charge in [0.25, 0.3) is 5.69 Å². The number of nitrogens with zero attached hydrogens (tertiary/aromatic N) is 1. The zero-order valence-electron chi connectivity index (χ0n) is 9.05. The van der Waals surface area contributed by atoms with Crippen LogP contribution in [0.5, 0.6) is 5.75 Å². The molecule has 2 atom stereocenters. The summed E-state index contributed by atoms with van der Waals surface area (Å²) in [7, 11) is 0. The molecule has 1 aliphatic rings. The third-order valence-corrected chi connectivity index (χ3v) is 2.93. The van der Waals surface area contributed by atoms with Gasteiger partial charge >= 0.3 is 0 Å². The predicted octanol–water partition coefficient (Wildman–Crippen LogP) is 1.49. The van der Waals surface area contributed by atoms with Crippen LogP contribution in [0.25, 0.3) is 0 Å². The molecule has 5 nitrogen and oxygen atoms in total. The maximum atomic E-state index is 10.6. The molecule has 2 rings (SSSR count). The number of nitro benzene ring substituents is 1. The van der Waals surface area contributed by atoms with Crippen molar-refractivity contribution < 1.29 is 9.66 Å². The highest BCUT2D eigenvalue weighted by Gasteiger charge is 2.24. The van der Waals surface area contributed by atoms with Crippen LogP contribution in [0, 0.1) is 16.0 Å². The van der Waals surface area contributed by atoms with Crippen molar-refractivity contribution >= 4 is 5.69 Å². The number of ether oxygens (including phenoxy) is 1. The van der Waals surface area contributed by atoms with Gasteiger partial charge in [0.1, 0.15) is 5.75 Å². The van der Waals surface area contributed by atoms with Crippen LogP contribution in [0.3, 0.4) is 0 Å². The molecular formula is C11H14N2O3. The summed E-state index contributed by atoms with van der Waals surface area (Å²) in [6.07, 6.45) is 0.745. The molecule has 0 saturated carbocycles. The zero-order valence-corrected chi connectivity index (χ0v) is 9.05. The van der Waals surface area contributed by atoms with Crippen LogP contribution in [-0.2, 0) is 6.42 Å². The molecule has 86 valence electrons. The summed E-state index contributed by atoms with van der Waals surface area (Å²) in [5.41, 5.74) is 6.79. The normalized spacial score (nSPS) is 20.8. The lowest BCUT2D eigenvalue weighted by Crippen LogP contribution is -2.35. The third kappa shape index (κ3) is 1.99. The number of hydrogen-bond acceptors (Lipinski definition) is 4. The van der Waals surface area contributed by atoms with Crippen molar-refractivity contribution in [3.05, 3.63) is 33.9 Å². The van der Waals surface area contributed by atoms with Gasteiger partial charge in [-0.15, -0.1) is 0 Å². The van der Waals surface area contributed by atoms with Crippen LogP contribution < -0.4 is 10.5 Å². The first kappa shape index (κ1) is 10.9. The first-order valence-electron chi connectivity index (χ1n) is 5.23. The molecule has 1 heterocycles. The van der Waals surface area contributed by atoms with E-state index in [1.807, 2.05) is 6.92 Å². The Kier molecular flexibility index (Phi) is 2.78. The van der Waals surface area contributed by atoms with Gasteiger partial charge in [-0.2, -0.15) is 0 Å². The van der Waals surface area contributed by atoms with Crippen LogP contribution >= 0.6 is 0 Å². The molecule has 2 N–H and O–H groups in total. The van der Waals surface area contributed by atoms with E-state index in [9.17, 15) is 10.1 Å². The molecule has 1 aromatic carbocycles. The van der Waals surface area contributed by atoms with E-state index in [1.54, 1.807) is 12.1 Å². The summed E-state index contributed by atoms with van der Waals surface area (Å²) in [6.45, 7) is 2.51. The molecule has 0 aromatic heterocycles. The minimum atomic E-state index is -0.393. The average Bonchev–Trinajstić information content (AvgIpc) is 2.27. The maximum Gasteiger partial charge on any atom is 0.269 e. The zero-order chi connectivity index (χ0) is 11.7. The van der Waals surface area contributed by atoms with Crippen molar-refractivity contribution in [1.29, 1.82) is 0 Å². The van der Waals surface area contributed by atoms with Gasteiger partial charge < -0.3 is 10.5 Å². The highest BCUT2D eigenvalue weighted by Crippen LogP contribution is 2.31. The molecule has 0 amide bonds. The quantitative estimate of drug-likeness (QED) is 0.607. The number of rotatable bonds is 2. The number of benzene rings is 1. The van der Waals surface area contributed by atoms with Crippen LogP contribution in [0.1, 0.15) is 12.5 Å². The molecule has 0 bridgehead atoms. The van der Waals surface area contributed by atoms with Crippen LogP contribution in [0.4, 0.5) is 5.69 Å². The van der Waals surface area contributed by atoms with E-state index < -0.39 is 4.92 Å². The lowest BCUT2D eigenvalue weighted by molar-refractivity contribution is -0.385. The number of nitro groups is 1. The Bertz CT molecular complexity index is 418. The van der Waals surface area contributed by atoms with Crippen LogP contribution in [-0.4, -0.2) is 17.6 Å². The summed E-state index contributed by atoms with van der Waals surface area (Å²) < 4.78 is 5.53. The molecule has 0 spiro atoms. The minimum absolute atomic E-state index is 0.0346. The molecule has 16 heavy (non-hydrogen) atoms. The molecule has 0 aliphatic carbocycles. The van der Waals surface area contributed by atoms with E-state index >= 15 is 0 Å². The summed E-state index contributed by atoms with van der Waals surface area (Å²) in [6, 6.07) is 4.73. The van der Waals surface area contributed by atoms with Crippen molar-refractivity contribution in [2.24, 2.45) is 11.7 Å². The second-order valence-electron chi connectivity index (χ2n) is 4.18. The monoisotopic (exact) mass is 222 g/mol. The van der Waals surface area contributed by atoms with Gasteiger partial charge in [0, 0.05) is 29.7 Å². The summed E-state index contributed by atoms with van der Waals surface area (Å²) >= 11 is 0. The van der Waals surface area contributed by atoms with Gasteiger partial charge in [0.2, 0.25) is 0 Å². The van der Waals surface area contributed by atoms with E-state index in [4.69, 9.17) is 10.5 Å². The Hall–Kier alpha value is -1.62. The second-order valence-corrected chi connectivity index (χ2v) is 4.18. The number of fused-ring (bicyclic) bond motifs is 1. The smallest absolute Gasteiger partial charge is 0.269 e. The predicted molar refractivity (Wildman–Crippen MR) is 59.4 cm³/mol. The standard InChI is InChI=1S/C11H14N2O3/c1-7(12)9-4-8-5-10(13(14)15)2-3-11(8)16-6-9/h2-3,5,7,9H,4,6,12H2,1H3/t7-,9?/m1/s1. The maximum absolute atomic E-state index is 10.6. The Labute approximate surface area is 93.4 Å². The fourth-order valence-corrected chi connectivity index (χ4v) is 1.86. The highest BCUT2D eigenvalue weighted by atomic mass is 16.6. The summed E-state index contributed by atoms with van der Waals surface area (Å²) in [4.78, 5) is 10.2. The summed E-state index contributed by atoms with van der Waals surface area (Å²) in [5.74, 6) is 0.969. The molecule has 1 aliphatic heterocycles. The molecule has 1 aromatic rings. The van der Waals surface area contributed by atoms with Gasteiger partial charge in [0.05, 0.1) is 11.5 Å². The summed E-state index contributed by atoms with van der Waals surface area (Å²) in [5, 5.41) is 10.6. The lowest BCUT2D eigenvalue weighted by Gasteiger charge is -2.27. The number of hydrogen-bond donors (Lipinski definition) is 1. The van der Waals surface area contributed by atoms with E-state index in [1.165, 1.54) is 6.07 Å². The SMILES string of the molecule is C[C@@H](N)C1COc2ccc([N+](=O)[O-])cc2C1. The van der Waals surface area contributed by atoms with Gasteiger partial charge in [-0.05, 0) is 19.4 Å². The van der Waals surface area contributed by atoms with E-state index in [0.29, 0.717) is 6.61 Å². The van der Waals surface area contributed by atoms with Crippen molar-refractivity contribution in [1.82, 2.24) is 0 Å². The molecule has 0 fully saturated rings. The Morgan fingerprint density at radius 1 is 1.62 bits per heavy atom. The Morgan fingerprint density at radius 2 is 2.38 bits per heavy atom. The number of nitrogens with two attached hydrogens (primary N) is 1. The molecule has 1 unspecified atom stereocenters. The first-order valence-corrected chi connectivity index (χ1v) is 5.23. The van der Waals surface area contributed by atoms with Crippen LogP contribution in [0.15, 0.2) is 18.2 Å². The van der Waals surface area contributed by atoms with Gasteiger partial charge in [-0.1, -0.05) is 0 Å². The van der Waals surface area contributed by atoms with Gasteiger partial charge in [-0.25, -0.2) is 0 Å². The van der Waals surface area contributed by atoms with Gasteiger partial charge in [-0.3, -0.25) is 10.1 Å². The third-order valence-electron chi connectivity index (χ3n) is 2.93. The topological polar surface area (TPSA) is 78.4 Å². The Morgan fingerprint density at radius 3 is 3.00 bits per heavy atom. The fourth-order valence-electron chi connectivity index (χ4n) is 1.86. The molecular weight excluding hydrogens is 208 g/mol. The van der Waals surface area contributed by atoms with E-state index in [0.717, 1.165) is 17.7 Å². The minimum Gasteiger partial charge on any atom is -0.493 e. The Balaban J connectivity index is 2.28. The lowest BCUT2D eigenvalue weighted by atomic mass is 9.91. The molecule has 0 radical (unpaired) electrons. The van der Waals surface area contributed by atoms with Crippen molar-refractivity contribution in [3.63, 3.8) is 0 Å². The number of non-ortho nitro benzene ring substituents is 1. The van der Waals surface area contributed by atoms with Crippen molar-refractivity contribution in [2.75, 3.05) is 6.61 Å². The molecule has 5 heteroatoms. The highest BCUT2D eigenvalue weighted by molar-refractivity contribution is 5.45. The second kappa shape index (κ2) is 4.09. The largest absolute Gasteiger partial charge is 0.493 e. The first-order chi connectivity index (χ1) is 7.58. The molecule has 0 saturated heterocycles. The fraction of sp³-hybridized carbons (Fsp3) is 0.455. The van der Waals surface area contributed by atoms with Gasteiger partial charge in [0.15, 0.2) is 0 Å². The average molecular weight is 222 g/mol. The van der Waals surface area contributed by atoms with Crippen LogP contribution in [0.2, 0.25) is 0 Å².